The average molecular weight is 208 g/mol. The lowest BCUT2D eigenvalue weighted by molar-refractivity contribution is -0.137. The van der Waals surface area contributed by atoms with E-state index in [-0.39, 0.29) is 6.42 Å². The molecule has 0 spiro atoms. The standard InChI is InChI=1S/C11H16N2O2/c14-11(15)7-3-6-10-8-4-1-2-5-9(8)12-13-10/h1-7H2,(H,12,13)(H,14,15). The van der Waals surface area contributed by atoms with Gasteiger partial charge in [-0.25, -0.2) is 0 Å². The summed E-state index contributed by atoms with van der Waals surface area (Å²) < 4.78 is 0. The molecule has 0 fully saturated rings. The van der Waals surface area contributed by atoms with Crippen molar-refractivity contribution in [2.45, 2.75) is 44.9 Å². The highest BCUT2D eigenvalue weighted by Gasteiger charge is 2.16. The van der Waals surface area contributed by atoms with E-state index in [0.29, 0.717) is 6.42 Å². The van der Waals surface area contributed by atoms with Crippen LogP contribution in [0.1, 0.15) is 42.6 Å². The van der Waals surface area contributed by atoms with Crippen LogP contribution < -0.4 is 0 Å². The Labute approximate surface area is 88.7 Å². The van der Waals surface area contributed by atoms with E-state index in [4.69, 9.17) is 5.11 Å². The highest BCUT2D eigenvalue weighted by molar-refractivity contribution is 5.66. The molecule has 0 saturated carbocycles. The number of H-pyrrole nitrogens is 1. The zero-order chi connectivity index (χ0) is 10.7. The van der Waals surface area contributed by atoms with Crippen LogP contribution in [0.3, 0.4) is 0 Å². The van der Waals surface area contributed by atoms with E-state index in [1.165, 1.54) is 24.1 Å². The molecule has 1 aromatic rings. The van der Waals surface area contributed by atoms with Crippen molar-refractivity contribution >= 4 is 5.97 Å². The molecule has 0 saturated heterocycles. The van der Waals surface area contributed by atoms with Crippen LogP contribution in [0.4, 0.5) is 0 Å². The van der Waals surface area contributed by atoms with Gasteiger partial charge in [0.1, 0.15) is 0 Å². The van der Waals surface area contributed by atoms with E-state index < -0.39 is 5.97 Å². The molecule has 4 nitrogen and oxygen atoms in total. The third-order valence-corrected chi connectivity index (χ3v) is 2.95. The Morgan fingerprint density at radius 1 is 1.40 bits per heavy atom. The molecule has 2 N–H and O–H groups in total. The minimum atomic E-state index is -0.719. The minimum absolute atomic E-state index is 0.244. The van der Waals surface area contributed by atoms with Gasteiger partial charge < -0.3 is 5.11 Å². The first-order valence-electron chi connectivity index (χ1n) is 5.54. The summed E-state index contributed by atoms with van der Waals surface area (Å²) in [5, 5.41) is 15.9. The summed E-state index contributed by atoms with van der Waals surface area (Å²) in [6.45, 7) is 0. The maximum absolute atomic E-state index is 10.4. The quantitative estimate of drug-likeness (QED) is 0.791. The zero-order valence-electron chi connectivity index (χ0n) is 8.75. The van der Waals surface area contributed by atoms with Crippen molar-refractivity contribution < 1.29 is 9.90 Å². The van der Waals surface area contributed by atoms with Crippen LogP contribution in [0.25, 0.3) is 0 Å². The molecule has 0 atom stereocenters. The number of carbonyl (C=O) groups is 1. The number of rotatable bonds is 4. The van der Waals surface area contributed by atoms with E-state index in [2.05, 4.69) is 10.2 Å². The maximum atomic E-state index is 10.4. The zero-order valence-corrected chi connectivity index (χ0v) is 8.75. The fraction of sp³-hybridized carbons (Fsp3) is 0.636. The van der Waals surface area contributed by atoms with E-state index in [1.54, 1.807) is 0 Å². The van der Waals surface area contributed by atoms with Gasteiger partial charge in [-0.05, 0) is 44.1 Å². The molecule has 1 heterocycles. The first-order chi connectivity index (χ1) is 7.27. The summed E-state index contributed by atoms with van der Waals surface area (Å²) in [5.74, 6) is -0.719. The van der Waals surface area contributed by atoms with Crippen molar-refractivity contribution in [2.24, 2.45) is 0 Å². The Morgan fingerprint density at radius 3 is 3.00 bits per heavy atom. The Bertz CT molecular complexity index is 357. The van der Waals surface area contributed by atoms with Crippen LogP contribution >= 0.6 is 0 Å². The van der Waals surface area contributed by atoms with E-state index >= 15 is 0 Å². The second-order valence-corrected chi connectivity index (χ2v) is 4.08. The second kappa shape index (κ2) is 4.47. The normalized spacial score (nSPS) is 14.9. The molecule has 1 aliphatic rings. The lowest BCUT2D eigenvalue weighted by Gasteiger charge is -2.10. The number of nitrogens with zero attached hydrogens (tertiary/aromatic N) is 1. The number of aliphatic carboxylic acids is 1. The van der Waals surface area contributed by atoms with Crippen molar-refractivity contribution in [3.8, 4) is 0 Å². The molecule has 0 unspecified atom stereocenters. The number of carboxylic acid groups (broad SMARTS) is 1. The Hall–Kier alpha value is -1.32. The lowest BCUT2D eigenvalue weighted by Crippen LogP contribution is -2.03. The van der Waals surface area contributed by atoms with Gasteiger partial charge in [0.2, 0.25) is 0 Å². The molecular weight excluding hydrogens is 192 g/mol. The van der Waals surface area contributed by atoms with Crippen molar-refractivity contribution in [2.75, 3.05) is 0 Å². The molecule has 0 radical (unpaired) electrons. The SMILES string of the molecule is O=C(O)CCCc1[nH]nc2c1CCCC2. The molecule has 82 valence electrons. The Balaban J connectivity index is 1.96. The molecular formula is C11H16N2O2. The number of aromatic amines is 1. The second-order valence-electron chi connectivity index (χ2n) is 4.08. The molecule has 0 bridgehead atoms. The smallest absolute Gasteiger partial charge is 0.303 e. The summed E-state index contributed by atoms with van der Waals surface area (Å²) in [4.78, 5) is 10.4. The van der Waals surface area contributed by atoms with Crippen LogP contribution in [-0.2, 0) is 24.1 Å². The van der Waals surface area contributed by atoms with Crippen LogP contribution in [0, 0.1) is 0 Å². The fourth-order valence-electron chi connectivity index (χ4n) is 2.16. The van der Waals surface area contributed by atoms with Crippen molar-refractivity contribution in [1.29, 1.82) is 0 Å². The van der Waals surface area contributed by atoms with Gasteiger partial charge in [-0.2, -0.15) is 5.10 Å². The van der Waals surface area contributed by atoms with Gasteiger partial charge in [0.15, 0.2) is 0 Å². The van der Waals surface area contributed by atoms with Gasteiger partial charge in [0.05, 0.1) is 5.69 Å². The molecule has 2 rings (SSSR count). The van der Waals surface area contributed by atoms with Crippen LogP contribution in [0.15, 0.2) is 0 Å². The van der Waals surface area contributed by atoms with Crippen molar-refractivity contribution in [3.05, 3.63) is 17.0 Å². The predicted octanol–water partition coefficient (Wildman–Crippen LogP) is 1.70. The third kappa shape index (κ3) is 2.37. The summed E-state index contributed by atoms with van der Waals surface area (Å²) in [5.41, 5.74) is 3.71. The van der Waals surface area contributed by atoms with Crippen LogP contribution in [0.5, 0.6) is 0 Å². The van der Waals surface area contributed by atoms with Crippen molar-refractivity contribution in [3.63, 3.8) is 0 Å². The molecule has 15 heavy (non-hydrogen) atoms. The van der Waals surface area contributed by atoms with Gasteiger partial charge in [0.25, 0.3) is 0 Å². The monoisotopic (exact) mass is 208 g/mol. The number of fused-ring (bicyclic) bond motifs is 1. The third-order valence-electron chi connectivity index (χ3n) is 2.95. The molecule has 1 aromatic heterocycles. The highest BCUT2D eigenvalue weighted by atomic mass is 16.4. The van der Waals surface area contributed by atoms with Gasteiger partial charge in [-0.1, -0.05) is 0 Å². The first kappa shape index (κ1) is 10.2. The number of nitrogens with one attached hydrogen (secondary N) is 1. The van der Waals surface area contributed by atoms with Gasteiger partial charge in [-0.3, -0.25) is 9.89 Å². The van der Waals surface area contributed by atoms with Gasteiger partial charge >= 0.3 is 5.97 Å². The highest BCUT2D eigenvalue weighted by Crippen LogP contribution is 2.22. The number of aromatic nitrogens is 2. The lowest BCUT2D eigenvalue weighted by atomic mass is 9.94. The molecule has 0 aromatic carbocycles. The first-order valence-corrected chi connectivity index (χ1v) is 5.54. The number of aryl methyl sites for hydroxylation is 2. The Kier molecular flexibility index (Phi) is 3.04. The summed E-state index contributed by atoms with van der Waals surface area (Å²) in [6, 6.07) is 0. The molecule has 4 heteroatoms. The van der Waals surface area contributed by atoms with Gasteiger partial charge in [0, 0.05) is 12.1 Å². The van der Waals surface area contributed by atoms with Gasteiger partial charge in [-0.15, -0.1) is 0 Å². The molecule has 0 aliphatic heterocycles. The number of carboxylic acids is 1. The summed E-state index contributed by atoms with van der Waals surface area (Å²) in [7, 11) is 0. The minimum Gasteiger partial charge on any atom is -0.481 e. The average Bonchev–Trinajstić information content (AvgIpc) is 2.62. The maximum Gasteiger partial charge on any atom is 0.303 e. The van der Waals surface area contributed by atoms with Crippen molar-refractivity contribution in [1.82, 2.24) is 10.2 Å². The number of hydrogen-bond acceptors (Lipinski definition) is 2. The largest absolute Gasteiger partial charge is 0.481 e. The number of hydrogen-bond donors (Lipinski definition) is 2. The Morgan fingerprint density at radius 2 is 2.20 bits per heavy atom. The van der Waals surface area contributed by atoms with E-state index in [1.807, 2.05) is 0 Å². The topological polar surface area (TPSA) is 66.0 Å². The predicted molar refractivity (Wildman–Crippen MR) is 55.8 cm³/mol. The van der Waals surface area contributed by atoms with E-state index in [0.717, 1.165) is 25.0 Å². The van der Waals surface area contributed by atoms with Crippen LogP contribution in [-0.4, -0.2) is 21.3 Å². The van der Waals surface area contributed by atoms with E-state index in [9.17, 15) is 4.79 Å². The molecule has 1 aliphatic carbocycles. The van der Waals surface area contributed by atoms with Crippen LogP contribution in [0.2, 0.25) is 0 Å². The fourth-order valence-corrected chi connectivity index (χ4v) is 2.16. The summed E-state index contributed by atoms with van der Waals surface area (Å²) in [6.07, 6.45) is 6.40. The summed E-state index contributed by atoms with van der Waals surface area (Å²) >= 11 is 0. The molecule has 0 amide bonds.